The molecule has 0 bridgehead atoms. The molecule has 1 aromatic rings. The normalized spacial score (nSPS) is 20.8. The first kappa shape index (κ1) is 15.0. The van der Waals surface area contributed by atoms with E-state index in [1.165, 1.54) is 21.3 Å². The number of benzene rings is 1. The van der Waals surface area contributed by atoms with Crippen LogP contribution < -0.4 is 19.5 Å². The van der Waals surface area contributed by atoms with Gasteiger partial charge in [0.25, 0.3) is 0 Å². The van der Waals surface area contributed by atoms with Crippen molar-refractivity contribution in [3.63, 3.8) is 0 Å². The first-order valence-electron chi connectivity index (χ1n) is 6.33. The van der Waals surface area contributed by atoms with Crippen LogP contribution in [0.15, 0.2) is 12.1 Å². The highest BCUT2D eigenvalue weighted by Gasteiger charge is 2.39. The SMILES string of the molecule is COc1cc([C@H]2NC(=O)C[C@H]2C(=O)O)cc(OC)c1OC. The Kier molecular flexibility index (Phi) is 4.21. The molecule has 0 spiro atoms. The molecule has 1 heterocycles. The van der Waals surface area contributed by atoms with E-state index in [2.05, 4.69) is 5.32 Å². The molecule has 1 fully saturated rings. The second kappa shape index (κ2) is 5.90. The molecule has 1 aromatic carbocycles. The molecular formula is C14H17NO6. The molecule has 2 atom stereocenters. The van der Waals surface area contributed by atoms with Crippen molar-refractivity contribution in [1.29, 1.82) is 0 Å². The summed E-state index contributed by atoms with van der Waals surface area (Å²) in [6, 6.07) is 2.67. The number of hydrogen-bond donors (Lipinski definition) is 2. The van der Waals surface area contributed by atoms with Gasteiger partial charge in [-0.3, -0.25) is 9.59 Å². The van der Waals surface area contributed by atoms with Crippen molar-refractivity contribution >= 4 is 11.9 Å². The van der Waals surface area contributed by atoms with Gasteiger partial charge < -0.3 is 24.6 Å². The summed E-state index contributed by atoms with van der Waals surface area (Å²) < 4.78 is 15.7. The zero-order valence-electron chi connectivity index (χ0n) is 12.0. The Morgan fingerprint density at radius 1 is 1.19 bits per heavy atom. The van der Waals surface area contributed by atoms with Gasteiger partial charge in [0, 0.05) is 6.42 Å². The molecule has 114 valence electrons. The number of methoxy groups -OCH3 is 3. The molecule has 2 rings (SSSR count). The van der Waals surface area contributed by atoms with E-state index in [4.69, 9.17) is 14.2 Å². The summed E-state index contributed by atoms with van der Waals surface area (Å²) in [5.41, 5.74) is 0.600. The maximum Gasteiger partial charge on any atom is 0.309 e. The van der Waals surface area contributed by atoms with Crippen LogP contribution in [-0.2, 0) is 9.59 Å². The Bertz CT molecular complexity index is 546. The van der Waals surface area contributed by atoms with Crippen LogP contribution in [0.4, 0.5) is 0 Å². The molecule has 0 radical (unpaired) electrons. The van der Waals surface area contributed by atoms with Crippen LogP contribution in [0.3, 0.4) is 0 Å². The number of carboxylic acids is 1. The number of aliphatic carboxylic acids is 1. The molecule has 7 heteroatoms. The minimum Gasteiger partial charge on any atom is -0.493 e. The molecule has 1 amide bonds. The smallest absolute Gasteiger partial charge is 0.309 e. The lowest BCUT2D eigenvalue weighted by Crippen LogP contribution is -2.24. The first-order chi connectivity index (χ1) is 10.0. The van der Waals surface area contributed by atoms with Gasteiger partial charge in [0.1, 0.15) is 0 Å². The van der Waals surface area contributed by atoms with Crippen LogP contribution >= 0.6 is 0 Å². The number of rotatable bonds is 5. The number of nitrogens with one attached hydrogen (secondary N) is 1. The molecule has 0 aliphatic carbocycles. The van der Waals surface area contributed by atoms with Crippen LogP contribution in [0.2, 0.25) is 0 Å². The van der Waals surface area contributed by atoms with Gasteiger partial charge in [-0.25, -0.2) is 0 Å². The summed E-state index contributed by atoms with van der Waals surface area (Å²) in [6.45, 7) is 0. The topological polar surface area (TPSA) is 94.1 Å². The third-order valence-electron chi connectivity index (χ3n) is 3.49. The molecular weight excluding hydrogens is 278 g/mol. The monoisotopic (exact) mass is 295 g/mol. The van der Waals surface area contributed by atoms with E-state index in [1.807, 2.05) is 0 Å². The number of amides is 1. The van der Waals surface area contributed by atoms with E-state index in [-0.39, 0.29) is 12.3 Å². The summed E-state index contributed by atoms with van der Waals surface area (Å²) in [4.78, 5) is 22.8. The predicted molar refractivity (Wildman–Crippen MR) is 72.7 cm³/mol. The highest BCUT2D eigenvalue weighted by molar-refractivity contribution is 5.87. The Morgan fingerprint density at radius 3 is 2.19 bits per heavy atom. The second-order valence-corrected chi connectivity index (χ2v) is 4.65. The summed E-state index contributed by atoms with van der Waals surface area (Å²) in [6.07, 6.45) is -0.0450. The largest absolute Gasteiger partial charge is 0.493 e. The van der Waals surface area contributed by atoms with E-state index in [1.54, 1.807) is 12.1 Å². The predicted octanol–water partition coefficient (Wildman–Crippen LogP) is 0.974. The molecule has 0 aromatic heterocycles. The second-order valence-electron chi connectivity index (χ2n) is 4.65. The van der Waals surface area contributed by atoms with Gasteiger partial charge in [-0.15, -0.1) is 0 Å². The summed E-state index contributed by atoms with van der Waals surface area (Å²) in [5, 5.41) is 11.9. The highest BCUT2D eigenvalue weighted by Crippen LogP contribution is 2.42. The van der Waals surface area contributed by atoms with Gasteiger partial charge in [-0.2, -0.15) is 0 Å². The average Bonchev–Trinajstić information content (AvgIpc) is 2.87. The van der Waals surface area contributed by atoms with Crippen molar-refractivity contribution < 1.29 is 28.9 Å². The summed E-state index contributed by atoms with van der Waals surface area (Å²) in [7, 11) is 4.43. The molecule has 1 saturated heterocycles. The van der Waals surface area contributed by atoms with Crippen molar-refractivity contribution in [1.82, 2.24) is 5.32 Å². The maximum absolute atomic E-state index is 11.5. The Morgan fingerprint density at radius 2 is 1.76 bits per heavy atom. The van der Waals surface area contributed by atoms with Gasteiger partial charge in [-0.05, 0) is 17.7 Å². The molecule has 2 N–H and O–H groups in total. The average molecular weight is 295 g/mol. The zero-order valence-corrected chi connectivity index (χ0v) is 12.0. The fourth-order valence-corrected chi connectivity index (χ4v) is 2.48. The van der Waals surface area contributed by atoms with Gasteiger partial charge in [-0.1, -0.05) is 0 Å². The van der Waals surface area contributed by atoms with Gasteiger partial charge in [0.15, 0.2) is 11.5 Å². The number of carbonyl (C=O) groups excluding carboxylic acids is 1. The van der Waals surface area contributed by atoms with E-state index >= 15 is 0 Å². The van der Waals surface area contributed by atoms with Crippen LogP contribution in [0.5, 0.6) is 17.2 Å². The fourth-order valence-electron chi connectivity index (χ4n) is 2.48. The van der Waals surface area contributed by atoms with Gasteiger partial charge >= 0.3 is 5.97 Å². The molecule has 0 saturated carbocycles. The van der Waals surface area contributed by atoms with Gasteiger partial charge in [0.2, 0.25) is 11.7 Å². The molecule has 1 aliphatic rings. The van der Waals surface area contributed by atoms with Crippen molar-refractivity contribution in [3.8, 4) is 17.2 Å². The lowest BCUT2D eigenvalue weighted by Gasteiger charge is -2.19. The fraction of sp³-hybridized carbons (Fsp3) is 0.429. The van der Waals surface area contributed by atoms with Crippen LogP contribution in [-0.4, -0.2) is 38.3 Å². The minimum absolute atomic E-state index is 0.0450. The molecule has 7 nitrogen and oxygen atoms in total. The van der Waals surface area contributed by atoms with E-state index < -0.39 is 17.9 Å². The van der Waals surface area contributed by atoms with Crippen molar-refractivity contribution in [3.05, 3.63) is 17.7 Å². The first-order valence-corrected chi connectivity index (χ1v) is 6.33. The Balaban J connectivity index is 2.48. The minimum atomic E-state index is -1.02. The maximum atomic E-state index is 11.5. The van der Waals surface area contributed by atoms with Crippen molar-refractivity contribution in [2.75, 3.05) is 21.3 Å². The molecule has 21 heavy (non-hydrogen) atoms. The van der Waals surface area contributed by atoms with Crippen LogP contribution in [0.1, 0.15) is 18.0 Å². The highest BCUT2D eigenvalue weighted by atomic mass is 16.5. The number of carbonyl (C=O) groups is 2. The van der Waals surface area contributed by atoms with E-state index in [0.29, 0.717) is 22.8 Å². The van der Waals surface area contributed by atoms with Crippen molar-refractivity contribution in [2.24, 2.45) is 5.92 Å². The van der Waals surface area contributed by atoms with E-state index in [0.717, 1.165) is 0 Å². The number of ether oxygens (including phenoxy) is 3. The lowest BCUT2D eigenvalue weighted by molar-refractivity contribution is -0.142. The third-order valence-corrected chi connectivity index (χ3v) is 3.49. The van der Waals surface area contributed by atoms with Crippen LogP contribution in [0.25, 0.3) is 0 Å². The van der Waals surface area contributed by atoms with Crippen molar-refractivity contribution in [2.45, 2.75) is 12.5 Å². The third kappa shape index (κ3) is 2.72. The van der Waals surface area contributed by atoms with Gasteiger partial charge in [0.05, 0.1) is 33.3 Å². The van der Waals surface area contributed by atoms with E-state index in [9.17, 15) is 14.7 Å². The summed E-state index contributed by atoms with van der Waals surface area (Å²) >= 11 is 0. The number of hydrogen-bond acceptors (Lipinski definition) is 5. The molecule has 0 unspecified atom stereocenters. The molecule has 1 aliphatic heterocycles. The lowest BCUT2D eigenvalue weighted by atomic mass is 9.94. The quantitative estimate of drug-likeness (QED) is 0.840. The van der Waals surface area contributed by atoms with Crippen LogP contribution in [0, 0.1) is 5.92 Å². The Hall–Kier alpha value is -2.44. The number of carboxylic acid groups (broad SMARTS) is 1. The standard InChI is InChI=1S/C14H17NO6/c1-19-9-4-7(5-10(20-2)13(9)21-3)12-8(14(17)18)6-11(16)15-12/h4-5,8,12H,6H2,1-3H3,(H,15,16)(H,17,18)/t8-,12-/m1/s1. The Labute approximate surface area is 121 Å². The summed E-state index contributed by atoms with van der Waals surface area (Å²) in [5.74, 6) is -0.886. The zero-order chi connectivity index (χ0) is 15.6.